The molecule has 0 bridgehead atoms. The van der Waals surface area contributed by atoms with Crippen LogP contribution in [0.25, 0.3) is 6.08 Å². The summed E-state index contributed by atoms with van der Waals surface area (Å²) in [5.74, 6) is 0.794. The molecule has 0 aliphatic carbocycles. The topological polar surface area (TPSA) is 26.3 Å². The first-order valence-corrected chi connectivity index (χ1v) is 10.1. The minimum Gasteiger partial charge on any atom is -0.497 e. The van der Waals surface area contributed by atoms with Crippen molar-refractivity contribution in [1.29, 1.82) is 0 Å². The summed E-state index contributed by atoms with van der Waals surface area (Å²) in [6, 6.07) is 23.3. The zero-order valence-corrected chi connectivity index (χ0v) is 17.5. The molecule has 3 rings (SSSR count). The fourth-order valence-corrected chi connectivity index (χ4v) is 3.67. The Hall–Kier alpha value is -2.30. The van der Waals surface area contributed by atoms with E-state index < -0.39 is 0 Å². The van der Waals surface area contributed by atoms with Crippen LogP contribution in [0.3, 0.4) is 0 Å². The number of aryl methyl sites for hydroxylation is 1. The first-order chi connectivity index (χ1) is 13.0. The molecule has 0 N–H and O–H groups in total. The van der Waals surface area contributed by atoms with E-state index in [1.807, 2.05) is 66.7 Å². The van der Waals surface area contributed by atoms with Gasteiger partial charge in [-0.3, -0.25) is 4.79 Å². The van der Waals surface area contributed by atoms with Crippen molar-refractivity contribution in [3.05, 3.63) is 98.9 Å². The summed E-state index contributed by atoms with van der Waals surface area (Å²) in [4.78, 5) is 14.8. The maximum Gasteiger partial charge on any atom is 0.199 e. The Morgan fingerprint density at radius 1 is 0.926 bits per heavy atom. The first kappa shape index (κ1) is 19.5. The molecule has 0 atom stereocenters. The third-order valence-electron chi connectivity index (χ3n) is 3.99. The summed E-state index contributed by atoms with van der Waals surface area (Å²) in [5.41, 5.74) is 2.81. The number of rotatable bonds is 6. The smallest absolute Gasteiger partial charge is 0.199 e. The number of benzene rings is 3. The van der Waals surface area contributed by atoms with Gasteiger partial charge in [0.15, 0.2) is 5.78 Å². The molecule has 3 aromatic carbocycles. The zero-order chi connectivity index (χ0) is 19.2. The highest BCUT2D eigenvalue weighted by molar-refractivity contribution is 9.10. The minimum atomic E-state index is 0.00360. The molecule has 0 aromatic heterocycles. The van der Waals surface area contributed by atoms with Gasteiger partial charge in [-0.15, -0.1) is 0 Å². The summed E-state index contributed by atoms with van der Waals surface area (Å²) >= 11 is 4.89. The third kappa shape index (κ3) is 5.34. The third-order valence-corrected chi connectivity index (χ3v) is 5.55. The van der Waals surface area contributed by atoms with Crippen molar-refractivity contribution < 1.29 is 9.53 Å². The van der Waals surface area contributed by atoms with Gasteiger partial charge in [-0.05, 0) is 67.1 Å². The number of Topliss-reactive ketones (excluding diaryl/α,β-unsaturated/α-hetero) is 1. The largest absolute Gasteiger partial charge is 0.497 e. The average Bonchev–Trinajstić information content (AvgIpc) is 2.70. The van der Waals surface area contributed by atoms with Crippen molar-refractivity contribution in [2.75, 3.05) is 7.11 Å². The highest BCUT2D eigenvalue weighted by Crippen LogP contribution is 2.31. The van der Waals surface area contributed by atoms with E-state index in [0.717, 1.165) is 20.7 Å². The van der Waals surface area contributed by atoms with Gasteiger partial charge in [0.1, 0.15) is 5.75 Å². The lowest BCUT2D eigenvalue weighted by molar-refractivity contribution is 0.104. The molecule has 0 saturated heterocycles. The van der Waals surface area contributed by atoms with Crippen molar-refractivity contribution in [1.82, 2.24) is 0 Å². The van der Waals surface area contributed by atoms with E-state index in [9.17, 15) is 4.79 Å². The fraction of sp³-hybridized carbons (Fsp3) is 0.0870. The van der Waals surface area contributed by atoms with Gasteiger partial charge >= 0.3 is 0 Å². The lowest BCUT2D eigenvalue weighted by Crippen LogP contribution is -2.01. The summed E-state index contributed by atoms with van der Waals surface area (Å²) in [5, 5.41) is 0. The van der Waals surface area contributed by atoms with Crippen molar-refractivity contribution in [2.24, 2.45) is 0 Å². The van der Waals surface area contributed by atoms with Gasteiger partial charge in [-0.2, -0.15) is 0 Å². The molecular weight excluding hydrogens is 420 g/mol. The van der Waals surface area contributed by atoms with Crippen molar-refractivity contribution >= 4 is 39.6 Å². The lowest BCUT2D eigenvalue weighted by atomic mass is 10.1. The van der Waals surface area contributed by atoms with Crippen LogP contribution in [-0.4, -0.2) is 12.9 Å². The molecule has 0 radical (unpaired) electrons. The van der Waals surface area contributed by atoms with Gasteiger partial charge in [0, 0.05) is 14.9 Å². The lowest BCUT2D eigenvalue weighted by Gasteiger charge is -2.08. The number of hydrogen-bond acceptors (Lipinski definition) is 3. The fourth-order valence-electron chi connectivity index (χ4n) is 2.47. The highest BCUT2D eigenvalue weighted by atomic mass is 79.9. The molecule has 0 aliphatic heterocycles. The molecule has 2 nitrogen and oxygen atoms in total. The number of ketones is 1. The van der Waals surface area contributed by atoms with E-state index in [1.165, 1.54) is 17.3 Å². The quantitative estimate of drug-likeness (QED) is 0.241. The van der Waals surface area contributed by atoms with Gasteiger partial charge in [-0.1, -0.05) is 57.5 Å². The molecule has 136 valence electrons. The predicted molar refractivity (Wildman–Crippen MR) is 116 cm³/mol. The zero-order valence-electron chi connectivity index (χ0n) is 15.1. The summed E-state index contributed by atoms with van der Waals surface area (Å²) in [7, 11) is 1.64. The van der Waals surface area contributed by atoms with Crippen LogP contribution in [0, 0.1) is 6.92 Å². The van der Waals surface area contributed by atoms with Crippen LogP contribution in [0.15, 0.2) is 87.1 Å². The van der Waals surface area contributed by atoms with E-state index in [0.29, 0.717) is 10.5 Å². The van der Waals surface area contributed by atoms with Crippen LogP contribution in [-0.2, 0) is 0 Å². The van der Waals surface area contributed by atoms with Crippen LogP contribution < -0.4 is 4.74 Å². The maximum absolute atomic E-state index is 13.1. The molecule has 0 heterocycles. The molecule has 0 saturated carbocycles. The molecule has 0 spiro atoms. The first-order valence-electron chi connectivity index (χ1n) is 8.46. The van der Waals surface area contributed by atoms with Crippen molar-refractivity contribution in [3.63, 3.8) is 0 Å². The second-order valence-corrected chi connectivity index (χ2v) is 8.06. The van der Waals surface area contributed by atoms with Gasteiger partial charge < -0.3 is 4.74 Å². The van der Waals surface area contributed by atoms with Gasteiger partial charge in [0.05, 0.1) is 12.0 Å². The molecule has 4 heteroatoms. The second kappa shape index (κ2) is 9.07. The maximum atomic E-state index is 13.1. The Morgan fingerprint density at radius 3 is 2.15 bits per heavy atom. The van der Waals surface area contributed by atoms with E-state index in [1.54, 1.807) is 7.11 Å². The number of thioether (sulfide) groups is 1. The molecule has 27 heavy (non-hydrogen) atoms. The number of carbonyl (C=O) groups excluding carboxylic acids is 1. The van der Waals surface area contributed by atoms with Crippen LogP contribution >= 0.6 is 27.7 Å². The van der Waals surface area contributed by atoms with Gasteiger partial charge in [-0.25, -0.2) is 0 Å². The SMILES string of the molecule is COc1ccc(/C=C(/Sc2ccc(C)cc2)C(=O)c2ccc(Br)cc2)cc1. The Balaban J connectivity index is 1.96. The van der Waals surface area contributed by atoms with Crippen LogP contribution in [0.2, 0.25) is 0 Å². The Kier molecular flexibility index (Phi) is 6.54. The van der Waals surface area contributed by atoms with E-state index in [4.69, 9.17) is 4.74 Å². The molecule has 0 amide bonds. The number of allylic oxidation sites excluding steroid dienone is 1. The van der Waals surface area contributed by atoms with Crippen LogP contribution in [0.5, 0.6) is 5.75 Å². The standard InChI is InChI=1S/C23H19BrO2S/c1-16-3-13-21(14-4-16)27-22(15-17-5-11-20(26-2)12-6-17)23(25)18-7-9-19(24)10-8-18/h3-15H,1-2H3/b22-15+. The second-order valence-electron chi connectivity index (χ2n) is 6.03. The van der Waals surface area contributed by atoms with E-state index in [2.05, 4.69) is 35.0 Å². The highest BCUT2D eigenvalue weighted by Gasteiger charge is 2.14. The van der Waals surface area contributed by atoms with Gasteiger partial charge in [0.2, 0.25) is 0 Å². The van der Waals surface area contributed by atoms with Gasteiger partial charge in [0.25, 0.3) is 0 Å². The van der Waals surface area contributed by atoms with Crippen molar-refractivity contribution in [3.8, 4) is 5.75 Å². The molecule has 0 aliphatic rings. The Bertz CT molecular complexity index is 943. The predicted octanol–water partition coefficient (Wildman–Crippen LogP) is 6.78. The molecule has 0 fully saturated rings. The summed E-state index contributed by atoms with van der Waals surface area (Å²) < 4.78 is 6.16. The number of carbonyl (C=O) groups is 1. The Labute approximate surface area is 172 Å². The number of halogens is 1. The van der Waals surface area contributed by atoms with Crippen LogP contribution in [0.4, 0.5) is 0 Å². The normalized spacial score (nSPS) is 11.3. The molecule has 3 aromatic rings. The van der Waals surface area contributed by atoms with Crippen molar-refractivity contribution in [2.45, 2.75) is 11.8 Å². The molecule has 0 unspecified atom stereocenters. The Morgan fingerprint density at radius 2 is 1.56 bits per heavy atom. The van der Waals surface area contributed by atoms with E-state index in [-0.39, 0.29) is 5.78 Å². The number of ether oxygens (including phenoxy) is 1. The van der Waals surface area contributed by atoms with E-state index >= 15 is 0 Å². The minimum absolute atomic E-state index is 0.00360. The number of hydrogen-bond donors (Lipinski definition) is 0. The number of methoxy groups -OCH3 is 1. The summed E-state index contributed by atoms with van der Waals surface area (Å²) in [6.07, 6.45) is 1.92. The van der Waals surface area contributed by atoms with Crippen LogP contribution in [0.1, 0.15) is 21.5 Å². The average molecular weight is 439 g/mol. The monoisotopic (exact) mass is 438 g/mol. The summed E-state index contributed by atoms with van der Waals surface area (Å²) in [6.45, 7) is 2.05. The molecular formula is C23H19BrO2S.